The van der Waals surface area contributed by atoms with Crippen molar-refractivity contribution in [2.24, 2.45) is 4.99 Å². The fourth-order valence-corrected chi connectivity index (χ4v) is 3.67. The summed E-state index contributed by atoms with van der Waals surface area (Å²) in [5.41, 5.74) is 1.41. The number of amides is 1. The SMILES string of the molecule is CC1=NC(=O)c2oc3ccc4nc(Oc5cc(OCC(C)(C)O)nc(Cl)n5)ccc4c3c2NC1. The third-order valence-corrected chi connectivity index (χ3v) is 5.11. The molecule has 1 aliphatic heterocycles. The summed E-state index contributed by atoms with van der Waals surface area (Å²) < 4.78 is 17.1. The Labute approximate surface area is 198 Å². The first kappa shape index (κ1) is 22.1. The quantitative estimate of drug-likeness (QED) is 0.398. The number of furan rings is 1. The average molecular weight is 482 g/mol. The monoisotopic (exact) mass is 481 g/mol. The van der Waals surface area contributed by atoms with Gasteiger partial charge in [0.05, 0.1) is 34.8 Å². The summed E-state index contributed by atoms with van der Waals surface area (Å²) in [6.45, 7) is 5.46. The minimum absolute atomic E-state index is 0.0140. The molecule has 4 aromatic rings. The van der Waals surface area contributed by atoms with Crippen LogP contribution in [0.25, 0.3) is 21.9 Å². The molecular formula is C23H20ClN5O5. The van der Waals surface area contributed by atoms with E-state index in [1.165, 1.54) is 6.07 Å². The maximum atomic E-state index is 12.4. The summed E-state index contributed by atoms with van der Waals surface area (Å²) in [6, 6.07) is 8.49. The van der Waals surface area contributed by atoms with E-state index in [9.17, 15) is 9.90 Å². The fourth-order valence-electron chi connectivity index (χ4n) is 3.50. The molecule has 1 aliphatic rings. The van der Waals surface area contributed by atoms with Gasteiger partial charge in [-0.15, -0.1) is 0 Å². The Kier molecular flexibility index (Phi) is 5.34. The van der Waals surface area contributed by atoms with Crippen LogP contribution in [0.2, 0.25) is 5.28 Å². The second-order valence-electron chi connectivity index (χ2n) is 8.48. The molecule has 0 saturated heterocycles. The van der Waals surface area contributed by atoms with Crippen molar-refractivity contribution < 1.29 is 23.8 Å². The number of pyridine rings is 1. The largest absolute Gasteiger partial charge is 0.474 e. The van der Waals surface area contributed by atoms with Crippen molar-refractivity contribution in [1.82, 2.24) is 15.0 Å². The van der Waals surface area contributed by atoms with Crippen LogP contribution in [-0.4, -0.2) is 50.4 Å². The highest BCUT2D eigenvalue weighted by atomic mass is 35.5. The van der Waals surface area contributed by atoms with E-state index in [1.54, 1.807) is 39.0 Å². The lowest BCUT2D eigenvalue weighted by atomic mass is 10.1. The van der Waals surface area contributed by atoms with Gasteiger partial charge in [0.1, 0.15) is 12.2 Å². The first-order valence-electron chi connectivity index (χ1n) is 10.4. The molecule has 0 saturated carbocycles. The van der Waals surface area contributed by atoms with Gasteiger partial charge in [-0.25, -0.2) is 9.98 Å². The molecule has 174 valence electrons. The minimum Gasteiger partial charge on any atom is -0.474 e. The van der Waals surface area contributed by atoms with Crippen LogP contribution in [0, 0.1) is 0 Å². The maximum Gasteiger partial charge on any atom is 0.314 e. The van der Waals surface area contributed by atoms with Gasteiger partial charge in [-0.1, -0.05) is 0 Å². The van der Waals surface area contributed by atoms with E-state index in [4.69, 9.17) is 25.5 Å². The van der Waals surface area contributed by atoms with Crippen LogP contribution in [-0.2, 0) is 0 Å². The molecule has 0 aliphatic carbocycles. The van der Waals surface area contributed by atoms with Crippen molar-refractivity contribution in [3.63, 3.8) is 0 Å². The molecule has 4 heterocycles. The molecule has 0 atom stereocenters. The molecule has 0 bridgehead atoms. The number of aliphatic imine (C=N–C) groups is 1. The molecule has 5 rings (SSSR count). The first-order valence-corrected chi connectivity index (χ1v) is 10.8. The minimum atomic E-state index is -1.04. The molecule has 34 heavy (non-hydrogen) atoms. The van der Waals surface area contributed by atoms with Gasteiger partial charge in [-0.05, 0) is 50.6 Å². The lowest BCUT2D eigenvalue weighted by molar-refractivity contribution is 0.0267. The number of hydrogen-bond donors (Lipinski definition) is 2. The number of fused-ring (bicyclic) bond motifs is 5. The predicted molar refractivity (Wildman–Crippen MR) is 126 cm³/mol. The molecule has 1 aromatic carbocycles. The zero-order valence-electron chi connectivity index (χ0n) is 18.5. The van der Waals surface area contributed by atoms with Crippen molar-refractivity contribution >= 4 is 50.8 Å². The van der Waals surface area contributed by atoms with Gasteiger partial charge in [-0.2, -0.15) is 9.97 Å². The Bertz CT molecular complexity index is 1470. The third kappa shape index (κ3) is 4.37. The fraction of sp³-hybridized carbons (Fsp3) is 0.261. The molecule has 0 fully saturated rings. The molecule has 11 heteroatoms. The molecular weight excluding hydrogens is 462 g/mol. The second-order valence-corrected chi connectivity index (χ2v) is 8.82. The van der Waals surface area contributed by atoms with Crippen LogP contribution in [0.4, 0.5) is 5.69 Å². The van der Waals surface area contributed by atoms with Crippen LogP contribution >= 0.6 is 11.6 Å². The molecule has 0 unspecified atom stereocenters. The number of hydrogen-bond acceptors (Lipinski definition) is 9. The Morgan fingerprint density at radius 3 is 2.74 bits per heavy atom. The van der Waals surface area contributed by atoms with Crippen molar-refractivity contribution in [1.29, 1.82) is 0 Å². The number of benzene rings is 1. The van der Waals surface area contributed by atoms with E-state index < -0.39 is 11.5 Å². The van der Waals surface area contributed by atoms with Crippen LogP contribution in [0.3, 0.4) is 0 Å². The molecule has 10 nitrogen and oxygen atoms in total. The van der Waals surface area contributed by atoms with Gasteiger partial charge in [-0.3, -0.25) is 4.79 Å². The van der Waals surface area contributed by atoms with E-state index in [0.29, 0.717) is 29.0 Å². The molecule has 0 radical (unpaired) electrons. The standard InChI is InChI=1S/C23H20ClN5O5/c1-11-9-25-19-18-12-4-7-15(27-13(12)5-6-14(18)33-20(19)21(30)26-11)34-17-8-16(28-22(24)29-17)32-10-23(2,3)31/h4-8,25,31H,9-10H2,1-3H3. The number of anilines is 1. The maximum absolute atomic E-state index is 12.4. The summed E-state index contributed by atoms with van der Waals surface area (Å²) in [4.78, 5) is 29.1. The molecule has 0 spiro atoms. The second kappa shape index (κ2) is 8.23. The number of carbonyl (C=O) groups excluding carboxylic acids is 1. The lowest BCUT2D eigenvalue weighted by Crippen LogP contribution is -2.28. The normalized spacial score (nSPS) is 13.9. The molecule has 1 amide bonds. The summed E-state index contributed by atoms with van der Waals surface area (Å²) in [5.74, 6) is 0.324. The number of carbonyl (C=O) groups is 1. The van der Waals surface area contributed by atoms with Crippen LogP contribution in [0.1, 0.15) is 31.3 Å². The van der Waals surface area contributed by atoms with Gasteiger partial charge in [0.25, 0.3) is 0 Å². The number of ether oxygens (including phenoxy) is 2. The van der Waals surface area contributed by atoms with Crippen molar-refractivity contribution in [2.75, 3.05) is 18.5 Å². The summed E-state index contributed by atoms with van der Waals surface area (Å²) in [6.07, 6.45) is 0. The highest BCUT2D eigenvalue weighted by molar-refractivity contribution is 6.28. The molecule has 2 N–H and O–H groups in total. The third-order valence-electron chi connectivity index (χ3n) is 4.94. The summed E-state index contributed by atoms with van der Waals surface area (Å²) >= 11 is 6.00. The Morgan fingerprint density at radius 2 is 1.94 bits per heavy atom. The Morgan fingerprint density at radius 1 is 1.15 bits per heavy atom. The predicted octanol–water partition coefficient (Wildman–Crippen LogP) is 4.39. The van der Waals surface area contributed by atoms with Gasteiger partial charge in [0, 0.05) is 17.2 Å². The number of aromatic nitrogens is 3. The van der Waals surface area contributed by atoms with Crippen LogP contribution in [0.5, 0.6) is 17.6 Å². The first-order chi connectivity index (χ1) is 16.2. The number of nitrogens with one attached hydrogen (secondary N) is 1. The topological polar surface area (TPSA) is 132 Å². The highest BCUT2D eigenvalue weighted by Gasteiger charge is 2.25. The number of aliphatic hydroxyl groups is 1. The zero-order valence-corrected chi connectivity index (χ0v) is 19.3. The smallest absolute Gasteiger partial charge is 0.314 e. The summed E-state index contributed by atoms with van der Waals surface area (Å²) in [5, 5.41) is 14.6. The van der Waals surface area contributed by atoms with Crippen molar-refractivity contribution in [2.45, 2.75) is 26.4 Å². The van der Waals surface area contributed by atoms with E-state index in [-0.39, 0.29) is 35.3 Å². The van der Waals surface area contributed by atoms with Crippen LogP contribution in [0.15, 0.2) is 39.7 Å². The molecule has 3 aromatic heterocycles. The van der Waals surface area contributed by atoms with Crippen LogP contribution < -0.4 is 14.8 Å². The Hall–Kier alpha value is -3.76. The van der Waals surface area contributed by atoms with Crippen molar-refractivity contribution in [3.8, 4) is 17.6 Å². The average Bonchev–Trinajstić information content (AvgIpc) is 3.08. The van der Waals surface area contributed by atoms with E-state index in [0.717, 1.165) is 10.8 Å². The van der Waals surface area contributed by atoms with Gasteiger partial charge in [0.2, 0.25) is 28.7 Å². The van der Waals surface area contributed by atoms with E-state index >= 15 is 0 Å². The number of nitrogens with zero attached hydrogens (tertiary/aromatic N) is 4. The van der Waals surface area contributed by atoms with E-state index in [1.807, 2.05) is 6.07 Å². The van der Waals surface area contributed by atoms with Crippen molar-refractivity contribution in [3.05, 3.63) is 41.4 Å². The number of rotatable bonds is 5. The van der Waals surface area contributed by atoms with Gasteiger partial charge < -0.3 is 24.3 Å². The Balaban J connectivity index is 1.48. The number of halogens is 1. The highest BCUT2D eigenvalue weighted by Crippen LogP contribution is 2.38. The summed E-state index contributed by atoms with van der Waals surface area (Å²) in [7, 11) is 0. The zero-order chi connectivity index (χ0) is 24.0. The van der Waals surface area contributed by atoms with Gasteiger partial charge in [0.15, 0.2) is 0 Å². The van der Waals surface area contributed by atoms with Gasteiger partial charge >= 0.3 is 5.91 Å². The van der Waals surface area contributed by atoms with E-state index in [2.05, 4.69) is 25.3 Å². The lowest BCUT2D eigenvalue weighted by Gasteiger charge is -2.17.